The third kappa shape index (κ3) is 3.51. The standard InChI is InChI=1S/C27H26F2N8O3/c1-31-16-6-15(28)22(29)20-21-24(36-4-3-12-9-35(2)10-17(12)36)14(8-32-25(21)34-23(16)20)13-5-18-26(33-7-13)37(30)11-19(40-18)27(38)39/h5-8,11-12,17,31H,3-4,9-10,30H2,1-2H3,(H,32,34)(H,38,39)/t12-,17+/m0/s1. The van der Waals surface area contributed by atoms with Crippen molar-refractivity contribution in [3.05, 3.63) is 48.1 Å². The summed E-state index contributed by atoms with van der Waals surface area (Å²) in [4.78, 5) is 28.4. The summed E-state index contributed by atoms with van der Waals surface area (Å²) in [7, 11) is 3.73. The second-order valence-corrected chi connectivity index (χ2v) is 10.5. The smallest absolute Gasteiger partial charge is 0.373 e. The molecule has 2 atom stereocenters. The second-order valence-electron chi connectivity index (χ2n) is 10.5. The third-order valence-corrected chi connectivity index (χ3v) is 8.13. The number of hydrogen-bond acceptors (Lipinski definition) is 9. The predicted molar refractivity (Wildman–Crippen MR) is 146 cm³/mol. The van der Waals surface area contributed by atoms with Crippen LogP contribution in [0, 0.1) is 17.6 Å². The van der Waals surface area contributed by atoms with E-state index in [2.05, 4.69) is 37.1 Å². The number of aliphatic carboxylic acids is 1. The Balaban J connectivity index is 1.50. The number of carboxylic acid groups (broad SMARTS) is 1. The molecule has 11 nitrogen and oxygen atoms in total. The summed E-state index contributed by atoms with van der Waals surface area (Å²) in [5, 5.41) is 14.1. The maximum Gasteiger partial charge on any atom is 0.373 e. The van der Waals surface area contributed by atoms with Crippen LogP contribution in [0.4, 0.5) is 26.0 Å². The highest BCUT2D eigenvalue weighted by Crippen LogP contribution is 2.47. The van der Waals surface area contributed by atoms with Crippen LogP contribution in [0.5, 0.6) is 5.75 Å². The number of likely N-dealkylation sites (tertiary alicyclic amines) is 1. The molecule has 3 aromatic heterocycles. The highest BCUT2D eigenvalue weighted by atomic mass is 19.2. The van der Waals surface area contributed by atoms with Gasteiger partial charge in [-0.3, -0.25) is 5.01 Å². The summed E-state index contributed by atoms with van der Waals surface area (Å²) >= 11 is 0. The number of nitrogens with one attached hydrogen (secondary N) is 2. The molecule has 4 aromatic rings. The van der Waals surface area contributed by atoms with Crippen molar-refractivity contribution in [3.8, 4) is 16.9 Å². The first-order valence-corrected chi connectivity index (χ1v) is 12.9. The van der Waals surface area contributed by atoms with Gasteiger partial charge in [0.25, 0.3) is 0 Å². The summed E-state index contributed by atoms with van der Waals surface area (Å²) in [6.07, 6.45) is 5.36. The fourth-order valence-corrected chi connectivity index (χ4v) is 6.38. The summed E-state index contributed by atoms with van der Waals surface area (Å²) < 4.78 is 36.1. The Bertz CT molecular complexity index is 1760. The average Bonchev–Trinajstić information content (AvgIpc) is 3.62. The lowest BCUT2D eigenvalue weighted by Gasteiger charge is -2.30. The summed E-state index contributed by atoms with van der Waals surface area (Å²) in [6.45, 7) is 2.51. The number of benzene rings is 1. The van der Waals surface area contributed by atoms with E-state index in [9.17, 15) is 14.3 Å². The van der Waals surface area contributed by atoms with Gasteiger partial charge in [-0.2, -0.15) is 0 Å². The Morgan fingerprint density at radius 1 is 1.23 bits per heavy atom. The van der Waals surface area contributed by atoms with Crippen LogP contribution in [0.25, 0.3) is 33.1 Å². The summed E-state index contributed by atoms with van der Waals surface area (Å²) in [6, 6.07) is 2.94. The number of H-pyrrole nitrogens is 1. The normalized spacial score (nSPS) is 20.6. The minimum atomic E-state index is -1.28. The number of hydrogen-bond donors (Lipinski definition) is 4. The van der Waals surface area contributed by atoms with Gasteiger partial charge >= 0.3 is 5.97 Å². The summed E-state index contributed by atoms with van der Waals surface area (Å²) in [5.74, 6) is 3.25. The number of carbonyl (C=O) groups is 1. The zero-order valence-electron chi connectivity index (χ0n) is 21.7. The van der Waals surface area contributed by atoms with Gasteiger partial charge in [-0.15, -0.1) is 0 Å². The van der Waals surface area contributed by atoms with Crippen LogP contribution in [-0.2, 0) is 4.79 Å². The van der Waals surface area contributed by atoms with Gasteiger partial charge in [-0.05, 0) is 25.5 Å². The van der Waals surface area contributed by atoms with Crippen molar-refractivity contribution in [1.82, 2.24) is 19.9 Å². The number of aromatic nitrogens is 3. The quantitative estimate of drug-likeness (QED) is 0.282. The van der Waals surface area contributed by atoms with Gasteiger partial charge in [0, 0.05) is 62.3 Å². The topological polar surface area (TPSA) is 136 Å². The summed E-state index contributed by atoms with van der Waals surface area (Å²) in [5.41, 5.74) is 3.17. The number of aromatic amines is 1. The van der Waals surface area contributed by atoms with E-state index in [1.807, 2.05) is 0 Å². The molecule has 2 fully saturated rings. The van der Waals surface area contributed by atoms with Crippen LogP contribution in [0.2, 0.25) is 0 Å². The van der Waals surface area contributed by atoms with Gasteiger partial charge in [0.05, 0.1) is 33.9 Å². The third-order valence-electron chi connectivity index (χ3n) is 8.13. The van der Waals surface area contributed by atoms with Crippen molar-refractivity contribution in [2.75, 3.05) is 49.0 Å². The van der Waals surface area contributed by atoms with Crippen LogP contribution in [0.3, 0.4) is 0 Å². The number of ether oxygens (including phenoxy) is 1. The van der Waals surface area contributed by atoms with Gasteiger partial charge < -0.3 is 29.9 Å². The number of nitrogens with zero attached hydrogens (tertiary/aromatic N) is 5. The molecule has 206 valence electrons. The lowest BCUT2D eigenvalue weighted by Crippen LogP contribution is -2.35. The molecule has 0 saturated carbocycles. The van der Waals surface area contributed by atoms with E-state index in [4.69, 9.17) is 10.6 Å². The first-order valence-electron chi connectivity index (χ1n) is 12.9. The minimum absolute atomic E-state index is 0.116. The molecule has 3 aliphatic rings. The molecule has 0 aliphatic carbocycles. The lowest BCUT2D eigenvalue weighted by atomic mass is 10.00. The second kappa shape index (κ2) is 8.76. The molecule has 0 bridgehead atoms. The molecule has 3 aliphatic heterocycles. The molecule has 7 rings (SSSR count). The van der Waals surface area contributed by atoms with E-state index >= 15 is 4.39 Å². The zero-order chi connectivity index (χ0) is 27.9. The van der Waals surface area contributed by atoms with Gasteiger partial charge in [0.1, 0.15) is 5.65 Å². The number of hydrazine groups is 1. The molecule has 1 aromatic carbocycles. The van der Waals surface area contributed by atoms with E-state index in [-0.39, 0.29) is 28.8 Å². The minimum Gasteiger partial charge on any atom is -0.475 e. The Hall–Kier alpha value is -4.49. The fraction of sp³-hybridized carbons (Fsp3) is 0.296. The first-order chi connectivity index (χ1) is 19.2. The van der Waals surface area contributed by atoms with Crippen LogP contribution >= 0.6 is 0 Å². The van der Waals surface area contributed by atoms with Gasteiger partial charge in [0.15, 0.2) is 23.2 Å². The van der Waals surface area contributed by atoms with Crippen LogP contribution in [0.15, 0.2) is 36.5 Å². The maximum absolute atomic E-state index is 15.6. The highest BCUT2D eigenvalue weighted by Gasteiger charge is 2.42. The Morgan fingerprint density at radius 2 is 2.05 bits per heavy atom. The number of rotatable bonds is 4. The van der Waals surface area contributed by atoms with E-state index in [0.717, 1.165) is 43.3 Å². The monoisotopic (exact) mass is 548 g/mol. The van der Waals surface area contributed by atoms with Crippen molar-refractivity contribution in [3.63, 3.8) is 0 Å². The number of anilines is 3. The molecule has 2 saturated heterocycles. The molecule has 6 heterocycles. The van der Waals surface area contributed by atoms with Crippen LogP contribution < -0.4 is 25.8 Å². The molecule has 0 amide bonds. The van der Waals surface area contributed by atoms with E-state index in [1.165, 1.54) is 0 Å². The fourth-order valence-electron chi connectivity index (χ4n) is 6.38. The van der Waals surface area contributed by atoms with Crippen LogP contribution in [-0.4, -0.2) is 70.7 Å². The maximum atomic E-state index is 15.6. The molecule has 0 spiro atoms. The van der Waals surface area contributed by atoms with Gasteiger partial charge in [-0.1, -0.05) is 0 Å². The number of likely N-dealkylation sites (N-methyl/N-ethyl adjacent to an activating group) is 1. The molecule has 13 heteroatoms. The molecule has 40 heavy (non-hydrogen) atoms. The van der Waals surface area contributed by atoms with Gasteiger partial charge in [0.2, 0.25) is 5.76 Å². The number of nitrogens with two attached hydrogens (primary N) is 1. The lowest BCUT2D eigenvalue weighted by molar-refractivity contribution is -0.135. The molecular weight excluding hydrogens is 522 g/mol. The van der Waals surface area contributed by atoms with Crippen molar-refractivity contribution in [2.45, 2.75) is 12.5 Å². The Kier molecular flexibility index (Phi) is 5.38. The molecule has 0 radical (unpaired) electrons. The molecule has 5 N–H and O–H groups in total. The number of fused-ring (bicyclic) bond motifs is 5. The Morgan fingerprint density at radius 3 is 2.83 bits per heavy atom. The Labute approximate surface area is 226 Å². The van der Waals surface area contributed by atoms with Crippen molar-refractivity contribution in [2.24, 2.45) is 11.8 Å². The predicted octanol–water partition coefficient (Wildman–Crippen LogP) is 3.24. The van der Waals surface area contributed by atoms with Crippen LogP contribution in [0.1, 0.15) is 6.42 Å². The number of halogens is 2. The largest absolute Gasteiger partial charge is 0.475 e. The first kappa shape index (κ1) is 24.5. The molecule has 0 unspecified atom stereocenters. The molecular formula is C27H26F2N8O3. The zero-order valence-corrected chi connectivity index (χ0v) is 21.7. The van der Waals surface area contributed by atoms with Gasteiger partial charge in [-0.25, -0.2) is 29.4 Å². The van der Waals surface area contributed by atoms with E-state index in [0.29, 0.717) is 45.0 Å². The number of pyridine rings is 2. The SMILES string of the molecule is CNc1cc(F)c(F)c2c1[nH]c1ncc(-c3cnc4c(c3)OC(C(=O)O)=CN4N)c(N3CC[C@H]4CN(C)C[C@H]43)c12. The highest BCUT2D eigenvalue weighted by molar-refractivity contribution is 6.18. The van der Waals surface area contributed by atoms with Crippen molar-refractivity contribution >= 4 is 45.1 Å². The number of carboxylic acids is 1. The van der Waals surface area contributed by atoms with Crippen molar-refractivity contribution in [1.29, 1.82) is 0 Å². The van der Waals surface area contributed by atoms with Crippen molar-refractivity contribution < 1.29 is 23.4 Å². The van der Waals surface area contributed by atoms with E-state index in [1.54, 1.807) is 25.5 Å². The van der Waals surface area contributed by atoms with E-state index < -0.39 is 17.6 Å². The average molecular weight is 549 g/mol.